The van der Waals surface area contributed by atoms with Gasteiger partial charge in [-0.1, -0.05) is 51.0 Å². The van der Waals surface area contributed by atoms with Gasteiger partial charge >= 0.3 is 0 Å². The molecule has 0 aliphatic rings. The van der Waals surface area contributed by atoms with Gasteiger partial charge in [0.2, 0.25) is 0 Å². The van der Waals surface area contributed by atoms with Crippen LogP contribution in [0.25, 0.3) is 0 Å². The zero-order valence-electron chi connectivity index (χ0n) is 10.8. The van der Waals surface area contributed by atoms with Gasteiger partial charge in [0.25, 0.3) is 0 Å². The van der Waals surface area contributed by atoms with Gasteiger partial charge in [-0.3, -0.25) is 0 Å². The van der Waals surface area contributed by atoms with Gasteiger partial charge in [-0.05, 0) is 42.4 Å². The normalized spacial score (nSPS) is 10.4. The van der Waals surface area contributed by atoms with Crippen molar-refractivity contribution >= 4 is 0 Å². The van der Waals surface area contributed by atoms with Crippen molar-refractivity contribution in [2.75, 3.05) is 0 Å². The summed E-state index contributed by atoms with van der Waals surface area (Å²) >= 11 is 0. The molecule has 16 heavy (non-hydrogen) atoms. The highest BCUT2D eigenvalue weighted by Gasteiger charge is 2.06. The molecule has 0 aliphatic heterocycles. The van der Waals surface area contributed by atoms with Crippen LogP contribution in [0.3, 0.4) is 0 Å². The molecule has 0 N–H and O–H groups in total. The number of aryl methyl sites for hydroxylation is 2. The average molecular weight is 216 g/mol. The Kier molecular flexibility index (Phi) is 5.92. The van der Waals surface area contributed by atoms with Gasteiger partial charge in [-0.25, -0.2) is 0 Å². The minimum Gasteiger partial charge on any atom is -0.103 e. The first-order valence-corrected chi connectivity index (χ1v) is 6.54. The lowest BCUT2D eigenvalue weighted by Crippen LogP contribution is -2.00. The second kappa shape index (κ2) is 7.27. The molecule has 0 atom stereocenters. The summed E-state index contributed by atoms with van der Waals surface area (Å²) < 4.78 is 0. The van der Waals surface area contributed by atoms with Crippen LogP contribution < -0.4 is 0 Å². The number of hydrogen-bond acceptors (Lipinski definition) is 0. The number of hydrogen-bond donors (Lipinski definition) is 0. The van der Waals surface area contributed by atoms with Crippen molar-refractivity contribution in [2.24, 2.45) is 0 Å². The third-order valence-electron chi connectivity index (χ3n) is 3.01. The maximum Gasteiger partial charge on any atom is -0.0239 e. The van der Waals surface area contributed by atoms with Crippen LogP contribution in [0.15, 0.2) is 30.9 Å². The predicted octanol–water partition coefficient (Wildman–Crippen LogP) is 4.71. The lowest BCUT2D eigenvalue weighted by molar-refractivity contribution is 0.844. The summed E-state index contributed by atoms with van der Waals surface area (Å²) in [7, 11) is 0. The van der Waals surface area contributed by atoms with E-state index in [1.165, 1.54) is 25.7 Å². The van der Waals surface area contributed by atoms with Crippen molar-refractivity contribution in [1.82, 2.24) is 0 Å². The molecule has 1 rings (SSSR count). The largest absolute Gasteiger partial charge is 0.103 e. The van der Waals surface area contributed by atoms with Crippen LogP contribution in [-0.2, 0) is 19.3 Å². The molecule has 0 saturated carbocycles. The Labute approximate surface area is 100 Å². The van der Waals surface area contributed by atoms with E-state index in [2.05, 4.69) is 38.6 Å². The quantitative estimate of drug-likeness (QED) is 0.579. The average Bonchev–Trinajstić information content (AvgIpc) is 2.29. The molecule has 0 saturated heterocycles. The summed E-state index contributed by atoms with van der Waals surface area (Å²) in [6.45, 7) is 8.33. The fourth-order valence-corrected chi connectivity index (χ4v) is 2.26. The number of rotatable bonds is 7. The molecule has 0 unspecified atom stereocenters. The van der Waals surface area contributed by atoms with Crippen LogP contribution in [0.4, 0.5) is 0 Å². The summed E-state index contributed by atoms with van der Waals surface area (Å²) in [4.78, 5) is 0. The van der Waals surface area contributed by atoms with Gasteiger partial charge in [0, 0.05) is 0 Å². The fourth-order valence-electron chi connectivity index (χ4n) is 2.26. The van der Waals surface area contributed by atoms with Crippen molar-refractivity contribution < 1.29 is 0 Å². The zero-order chi connectivity index (χ0) is 11.8. The molecule has 0 heteroatoms. The van der Waals surface area contributed by atoms with Crippen LogP contribution in [-0.4, -0.2) is 0 Å². The van der Waals surface area contributed by atoms with E-state index in [0.29, 0.717) is 0 Å². The summed E-state index contributed by atoms with van der Waals surface area (Å²) in [5, 5.41) is 0. The Hall–Kier alpha value is -1.04. The van der Waals surface area contributed by atoms with Crippen LogP contribution in [0.5, 0.6) is 0 Å². The van der Waals surface area contributed by atoms with Crippen molar-refractivity contribution in [3.63, 3.8) is 0 Å². The Bertz CT molecular complexity index is 299. The summed E-state index contributed by atoms with van der Waals surface area (Å²) in [5.41, 5.74) is 4.69. The summed E-state index contributed by atoms with van der Waals surface area (Å²) in [5.74, 6) is 0. The Morgan fingerprint density at radius 2 is 1.56 bits per heavy atom. The van der Waals surface area contributed by atoms with Crippen molar-refractivity contribution in [2.45, 2.75) is 52.4 Å². The molecule has 0 aromatic heterocycles. The van der Waals surface area contributed by atoms with E-state index >= 15 is 0 Å². The molecule has 0 radical (unpaired) electrons. The third-order valence-corrected chi connectivity index (χ3v) is 3.01. The molecule has 1 aromatic rings. The summed E-state index contributed by atoms with van der Waals surface area (Å²) in [6, 6.07) is 6.80. The summed E-state index contributed by atoms with van der Waals surface area (Å²) in [6.07, 6.45) is 9.17. The maximum absolute atomic E-state index is 3.83. The van der Waals surface area contributed by atoms with E-state index in [4.69, 9.17) is 0 Å². The van der Waals surface area contributed by atoms with Crippen molar-refractivity contribution in [1.29, 1.82) is 0 Å². The van der Waals surface area contributed by atoms with Gasteiger partial charge in [0.15, 0.2) is 0 Å². The highest BCUT2D eigenvalue weighted by molar-refractivity contribution is 5.36. The molecule has 0 nitrogen and oxygen atoms in total. The van der Waals surface area contributed by atoms with Crippen LogP contribution >= 0.6 is 0 Å². The Balaban J connectivity index is 2.96. The van der Waals surface area contributed by atoms with Crippen LogP contribution in [0.1, 0.15) is 49.8 Å². The zero-order valence-corrected chi connectivity index (χ0v) is 10.8. The minimum absolute atomic E-state index is 1.09. The maximum atomic E-state index is 3.83. The van der Waals surface area contributed by atoms with Gasteiger partial charge in [-0.2, -0.15) is 0 Å². The second-order valence-electron chi connectivity index (χ2n) is 4.38. The monoisotopic (exact) mass is 216 g/mol. The first kappa shape index (κ1) is 13.0. The van der Waals surface area contributed by atoms with E-state index < -0.39 is 0 Å². The number of benzene rings is 1. The first-order valence-electron chi connectivity index (χ1n) is 6.54. The van der Waals surface area contributed by atoms with Crippen molar-refractivity contribution in [3.8, 4) is 0 Å². The second-order valence-corrected chi connectivity index (χ2v) is 4.38. The van der Waals surface area contributed by atoms with Gasteiger partial charge < -0.3 is 0 Å². The molecule has 1 aromatic carbocycles. The van der Waals surface area contributed by atoms with E-state index in [1.54, 1.807) is 16.7 Å². The predicted molar refractivity (Wildman–Crippen MR) is 73.0 cm³/mol. The number of allylic oxidation sites excluding steroid dienone is 1. The molecular formula is C16H24. The van der Waals surface area contributed by atoms with Crippen molar-refractivity contribution in [3.05, 3.63) is 47.5 Å². The minimum atomic E-state index is 1.09. The Morgan fingerprint density at radius 3 is 2.00 bits per heavy atom. The van der Waals surface area contributed by atoms with E-state index in [1.807, 2.05) is 6.08 Å². The SMILES string of the molecule is C=CCCc1c(CCC)cccc1CCC. The van der Waals surface area contributed by atoms with E-state index in [-0.39, 0.29) is 0 Å². The van der Waals surface area contributed by atoms with Gasteiger partial charge in [-0.15, -0.1) is 6.58 Å². The molecule has 0 bridgehead atoms. The fraction of sp³-hybridized carbons (Fsp3) is 0.500. The van der Waals surface area contributed by atoms with E-state index in [0.717, 1.165) is 12.8 Å². The van der Waals surface area contributed by atoms with E-state index in [9.17, 15) is 0 Å². The van der Waals surface area contributed by atoms with Gasteiger partial charge in [0.1, 0.15) is 0 Å². The highest BCUT2D eigenvalue weighted by atomic mass is 14.1. The topological polar surface area (TPSA) is 0 Å². The van der Waals surface area contributed by atoms with Gasteiger partial charge in [0.05, 0.1) is 0 Å². The standard InChI is InChI=1S/C16H24/c1-4-7-13-16-14(9-5-2)11-8-12-15(16)10-6-3/h4,8,11-12H,1,5-7,9-10,13H2,2-3H3. The lowest BCUT2D eigenvalue weighted by atomic mass is 9.92. The molecule has 0 amide bonds. The molecule has 88 valence electrons. The highest BCUT2D eigenvalue weighted by Crippen LogP contribution is 2.20. The Morgan fingerprint density at radius 1 is 1.00 bits per heavy atom. The first-order chi connectivity index (χ1) is 7.83. The third kappa shape index (κ3) is 3.52. The molecular weight excluding hydrogens is 192 g/mol. The molecule has 0 spiro atoms. The molecule has 0 fully saturated rings. The van der Waals surface area contributed by atoms with Crippen LogP contribution in [0.2, 0.25) is 0 Å². The molecule has 0 heterocycles. The smallest absolute Gasteiger partial charge is 0.0239 e. The molecule has 0 aliphatic carbocycles. The lowest BCUT2D eigenvalue weighted by Gasteiger charge is -2.13. The van der Waals surface area contributed by atoms with Crippen LogP contribution in [0, 0.1) is 0 Å².